The van der Waals surface area contributed by atoms with Gasteiger partial charge in [0.05, 0.1) is 30.1 Å². The van der Waals surface area contributed by atoms with Gasteiger partial charge in [-0.1, -0.05) is 32.9 Å². The van der Waals surface area contributed by atoms with Crippen LogP contribution in [0.25, 0.3) is 0 Å². The summed E-state index contributed by atoms with van der Waals surface area (Å²) >= 11 is 0. The van der Waals surface area contributed by atoms with Crippen molar-refractivity contribution in [2.45, 2.75) is 77.2 Å². The van der Waals surface area contributed by atoms with Gasteiger partial charge in [-0.3, -0.25) is 14.4 Å². The summed E-state index contributed by atoms with van der Waals surface area (Å²) < 4.78 is 6.94. The smallest absolute Gasteiger partial charge is 0.253 e. The van der Waals surface area contributed by atoms with Gasteiger partial charge in [-0.05, 0) is 63.3 Å². The molecule has 0 aliphatic carbocycles. The molecule has 3 saturated heterocycles. The maximum atomic E-state index is 14.9. The first kappa shape index (κ1) is 32.7. The minimum Gasteiger partial charge on any atom is -0.394 e. The Morgan fingerprint density at radius 3 is 2.16 bits per heavy atom. The number of carbonyl (C=O) groups excluding carboxylic acids is 3. The third-order valence-electron chi connectivity index (χ3n) is 10.1. The number of fused-ring (bicyclic) bond motifs is 1. The fraction of sp³-hybridized carbons (Fsp3) is 0.618. The summed E-state index contributed by atoms with van der Waals surface area (Å²) in [6.07, 6.45) is 4.95. The molecule has 2 unspecified atom stereocenters. The molecule has 6 atom stereocenters. The van der Waals surface area contributed by atoms with Crippen LogP contribution in [0.5, 0.6) is 0 Å². The van der Waals surface area contributed by atoms with E-state index in [1.165, 1.54) is 0 Å². The molecular formula is C34H50N4O5. The summed E-state index contributed by atoms with van der Waals surface area (Å²) in [6, 6.07) is 6.25. The zero-order chi connectivity index (χ0) is 31.7. The largest absolute Gasteiger partial charge is 0.394 e. The van der Waals surface area contributed by atoms with Crippen molar-refractivity contribution >= 4 is 29.1 Å². The topological polar surface area (TPSA) is 93.6 Å². The van der Waals surface area contributed by atoms with Crippen LogP contribution in [0.1, 0.15) is 53.9 Å². The minimum atomic E-state index is -1.18. The molecule has 3 heterocycles. The zero-order valence-corrected chi connectivity index (χ0v) is 26.8. The lowest BCUT2D eigenvalue weighted by molar-refractivity contribution is -0.153. The molecule has 236 valence electrons. The highest BCUT2D eigenvalue weighted by Crippen LogP contribution is 2.65. The second-order valence-corrected chi connectivity index (χ2v) is 12.5. The summed E-state index contributed by atoms with van der Waals surface area (Å²) in [5, 5.41) is 10.6. The molecule has 3 amide bonds. The highest BCUT2D eigenvalue weighted by atomic mass is 16.5. The molecule has 1 aromatic carbocycles. The number of hydrogen-bond donors (Lipinski definition) is 1. The van der Waals surface area contributed by atoms with E-state index in [1.54, 1.807) is 33.9 Å². The maximum absolute atomic E-state index is 14.9. The fourth-order valence-corrected chi connectivity index (χ4v) is 7.84. The van der Waals surface area contributed by atoms with Crippen LogP contribution >= 0.6 is 0 Å². The van der Waals surface area contributed by atoms with Gasteiger partial charge in [-0.25, -0.2) is 0 Å². The van der Waals surface area contributed by atoms with E-state index in [2.05, 4.69) is 31.9 Å². The minimum absolute atomic E-state index is 0.129. The van der Waals surface area contributed by atoms with Crippen LogP contribution in [0.2, 0.25) is 0 Å². The third-order valence-corrected chi connectivity index (χ3v) is 10.1. The standard InChI is InChI=1S/C34H50N4O5/c1-9-20-35(8)30(40)27-28-31(41)38(26(22-39)23(6)7)29(34(28)19-18-33(27,11-3)43-34)32(42)37(21-10-2)25-16-14-24(15-17-25)36(12-4)13-5/h9-10,14-17,23,26-29,39H,1-2,11-13,18-22H2,3-8H3/t26-,27-,28-,29?,33+,34?/m0/s1. The molecule has 1 spiro atoms. The van der Waals surface area contributed by atoms with E-state index in [-0.39, 0.29) is 36.8 Å². The number of amides is 3. The SMILES string of the molecule is C=CCN(C)C(=O)[C@@H]1[C@H]2C(=O)N([C@@H](CO)C(C)C)C(C(=O)N(CC=C)c3ccc(N(CC)CC)cc3)C23CC[C@@]1(CC)O3. The maximum Gasteiger partial charge on any atom is 0.253 e. The van der Waals surface area contributed by atoms with Crippen molar-refractivity contribution in [1.29, 1.82) is 0 Å². The van der Waals surface area contributed by atoms with Crippen LogP contribution < -0.4 is 9.80 Å². The number of carbonyl (C=O) groups is 3. The first-order valence-corrected chi connectivity index (χ1v) is 15.8. The van der Waals surface area contributed by atoms with Gasteiger partial charge in [0.1, 0.15) is 11.6 Å². The number of rotatable bonds is 14. The van der Waals surface area contributed by atoms with Crippen LogP contribution in [-0.2, 0) is 19.1 Å². The number of aliphatic hydroxyl groups is 1. The molecule has 3 fully saturated rings. The van der Waals surface area contributed by atoms with Crippen molar-refractivity contribution in [2.24, 2.45) is 17.8 Å². The average Bonchev–Trinajstić information content (AvgIpc) is 3.60. The average molecular weight is 595 g/mol. The number of nitrogens with zero attached hydrogens (tertiary/aromatic N) is 4. The summed E-state index contributed by atoms with van der Waals surface area (Å²) in [7, 11) is 1.71. The Morgan fingerprint density at radius 2 is 1.65 bits per heavy atom. The van der Waals surface area contributed by atoms with Crippen molar-refractivity contribution in [3.05, 3.63) is 49.6 Å². The molecule has 9 nitrogen and oxygen atoms in total. The predicted octanol–water partition coefficient (Wildman–Crippen LogP) is 3.87. The van der Waals surface area contributed by atoms with E-state index in [1.807, 2.05) is 45.0 Å². The predicted molar refractivity (Wildman–Crippen MR) is 170 cm³/mol. The van der Waals surface area contributed by atoms with Crippen molar-refractivity contribution in [3.8, 4) is 0 Å². The van der Waals surface area contributed by atoms with Crippen molar-refractivity contribution in [3.63, 3.8) is 0 Å². The fourth-order valence-electron chi connectivity index (χ4n) is 7.84. The van der Waals surface area contributed by atoms with E-state index in [0.29, 0.717) is 31.5 Å². The highest BCUT2D eigenvalue weighted by Gasteiger charge is 2.79. The van der Waals surface area contributed by atoms with Crippen molar-refractivity contribution in [1.82, 2.24) is 9.80 Å². The molecular weight excluding hydrogens is 544 g/mol. The van der Waals surface area contributed by atoms with Gasteiger partial charge in [-0.2, -0.15) is 0 Å². The van der Waals surface area contributed by atoms with Crippen molar-refractivity contribution < 1.29 is 24.2 Å². The Labute approximate surface area is 257 Å². The molecule has 2 bridgehead atoms. The van der Waals surface area contributed by atoms with Crippen LogP contribution in [0.4, 0.5) is 11.4 Å². The molecule has 0 radical (unpaired) electrons. The second-order valence-electron chi connectivity index (χ2n) is 12.5. The van der Waals surface area contributed by atoms with E-state index in [4.69, 9.17) is 4.74 Å². The molecule has 9 heteroatoms. The van der Waals surface area contributed by atoms with Gasteiger partial charge < -0.3 is 29.4 Å². The lowest BCUT2D eigenvalue weighted by Gasteiger charge is -2.40. The number of likely N-dealkylation sites (N-methyl/N-ethyl adjacent to an activating group) is 1. The molecule has 43 heavy (non-hydrogen) atoms. The van der Waals surface area contributed by atoms with Crippen LogP contribution in [0.15, 0.2) is 49.6 Å². The number of benzene rings is 1. The van der Waals surface area contributed by atoms with Gasteiger partial charge in [0.2, 0.25) is 11.8 Å². The van der Waals surface area contributed by atoms with Gasteiger partial charge in [0.15, 0.2) is 0 Å². The molecule has 1 aromatic rings. The lowest BCUT2D eigenvalue weighted by atomic mass is 9.64. The lowest BCUT2D eigenvalue weighted by Crippen LogP contribution is -2.60. The zero-order valence-electron chi connectivity index (χ0n) is 26.8. The van der Waals surface area contributed by atoms with Crippen LogP contribution in [0, 0.1) is 17.8 Å². The monoisotopic (exact) mass is 594 g/mol. The first-order valence-electron chi connectivity index (χ1n) is 15.8. The number of aliphatic hydroxyl groups excluding tert-OH is 1. The van der Waals surface area contributed by atoms with Crippen LogP contribution in [0.3, 0.4) is 0 Å². The first-order chi connectivity index (χ1) is 20.5. The Morgan fingerprint density at radius 1 is 1.05 bits per heavy atom. The third kappa shape index (κ3) is 5.18. The molecule has 0 aromatic heterocycles. The van der Waals surface area contributed by atoms with Crippen LogP contribution in [-0.4, -0.2) is 95.7 Å². The Bertz CT molecular complexity index is 1210. The molecule has 3 aliphatic heterocycles. The molecule has 0 saturated carbocycles. The summed E-state index contributed by atoms with van der Waals surface area (Å²) in [4.78, 5) is 50.5. The number of likely N-dealkylation sites (tertiary alicyclic amines) is 1. The molecule has 1 N–H and O–H groups in total. The van der Waals surface area contributed by atoms with E-state index in [0.717, 1.165) is 18.8 Å². The number of hydrogen-bond acceptors (Lipinski definition) is 6. The quantitative estimate of drug-likeness (QED) is 0.329. The highest BCUT2D eigenvalue weighted by molar-refractivity contribution is 6.05. The number of ether oxygens (including phenoxy) is 1. The summed E-state index contributed by atoms with van der Waals surface area (Å²) in [5.74, 6) is -2.42. The summed E-state index contributed by atoms with van der Waals surface area (Å²) in [6.45, 7) is 19.8. The van der Waals surface area contributed by atoms with Crippen molar-refractivity contribution in [2.75, 3.05) is 49.6 Å². The van der Waals surface area contributed by atoms with E-state index < -0.39 is 35.1 Å². The van der Waals surface area contributed by atoms with Gasteiger partial charge in [0, 0.05) is 44.6 Å². The number of anilines is 2. The molecule has 3 aliphatic rings. The second kappa shape index (κ2) is 12.8. The normalized spacial score (nSPS) is 28.1. The van der Waals surface area contributed by atoms with Gasteiger partial charge in [-0.15, -0.1) is 13.2 Å². The van der Waals surface area contributed by atoms with E-state index in [9.17, 15) is 19.5 Å². The van der Waals surface area contributed by atoms with Gasteiger partial charge in [0.25, 0.3) is 5.91 Å². The Kier molecular flexibility index (Phi) is 9.76. The molecule has 4 rings (SSSR count). The van der Waals surface area contributed by atoms with Gasteiger partial charge >= 0.3 is 0 Å². The Hall–Kier alpha value is -3.17. The van der Waals surface area contributed by atoms with E-state index >= 15 is 0 Å². The summed E-state index contributed by atoms with van der Waals surface area (Å²) in [5.41, 5.74) is -0.265. The Balaban J connectivity index is 1.84.